The molecule has 1 aromatic rings. The average molecular weight is 304 g/mol. The minimum atomic E-state index is -0.541. The van der Waals surface area contributed by atoms with Crippen LogP contribution in [-0.4, -0.2) is 17.6 Å². The number of hydrogen-bond donors (Lipinski definition) is 2. The van der Waals surface area contributed by atoms with Gasteiger partial charge in [0.05, 0.1) is 0 Å². The van der Waals surface area contributed by atoms with Gasteiger partial charge in [-0.25, -0.2) is 4.79 Å². The second kappa shape index (κ2) is 7.64. The van der Waals surface area contributed by atoms with Gasteiger partial charge in [-0.2, -0.15) is 0 Å². The third-order valence-electron chi connectivity index (χ3n) is 2.66. The summed E-state index contributed by atoms with van der Waals surface area (Å²) in [6, 6.07) is 6.87. The molecule has 0 bridgehead atoms. The summed E-state index contributed by atoms with van der Waals surface area (Å²) in [5.74, 6) is -0.130. The highest BCUT2D eigenvalue weighted by atomic mass is 16.6. The Kier molecular flexibility index (Phi) is 6.16. The summed E-state index contributed by atoms with van der Waals surface area (Å²) in [6.45, 7) is 9.16. The molecule has 0 aliphatic rings. The van der Waals surface area contributed by atoms with E-state index in [4.69, 9.17) is 4.74 Å². The Hall–Kier alpha value is -2.30. The molecule has 2 N–H and O–H groups in total. The molecule has 0 atom stereocenters. The Morgan fingerprint density at radius 3 is 2.05 bits per heavy atom. The lowest BCUT2D eigenvalue weighted by Crippen LogP contribution is -2.27. The zero-order valence-corrected chi connectivity index (χ0v) is 13.8. The van der Waals surface area contributed by atoms with Crippen LogP contribution in [0.3, 0.4) is 0 Å². The maximum absolute atomic E-state index is 11.9. The van der Waals surface area contributed by atoms with Crippen molar-refractivity contribution in [2.75, 3.05) is 10.6 Å². The Bertz CT molecular complexity index is 554. The van der Waals surface area contributed by atoms with Crippen LogP contribution >= 0.6 is 0 Å². The van der Waals surface area contributed by atoms with Crippen molar-refractivity contribution in [3.8, 4) is 0 Å². The largest absolute Gasteiger partial charge is 0.444 e. The zero-order valence-electron chi connectivity index (χ0n) is 13.8. The molecule has 0 aliphatic heterocycles. The van der Waals surface area contributed by atoms with E-state index < -0.39 is 11.7 Å². The van der Waals surface area contributed by atoms with Crippen molar-refractivity contribution in [2.24, 2.45) is 0 Å². The molecular formula is C17H24N2O3. The van der Waals surface area contributed by atoms with Gasteiger partial charge in [-0.1, -0.05) is 13.0 Å². The number of anilines is 2. The summed E-state index contributed by atoms with van der Waals surface area (Å²) in [6.07, 6.45) is 2.18. The number of allylic oxidation sites excluding steroid dienone is 1. The Balaban J connectivity index is 2.62. The van der Waals surface area contributed by atoms with Crippen molar-refractivity contribution >= 4 is 23.4 Å². The average Bonchev–Trinajstić information content (AvgIpc) is 2.39. The number of benzene rings is 1. The van der Waals surface area contributed by atoms with Crippen LogP contribution in [0, 0.1) is 0 Å². The molecule has 0 spiro atoms. The molecule has 0 saturated carbocycles. The lowest BCUT2D eigenvalue weighted by atomic mass is 10.2. The fourth-order valence-electron chi connectivity index (χ4n) is 1.69. The summed E-state index contributed by atoms with van der Waals surface area (Å²) in [5.41, 5.74) is 1.41. The smallest absolute Gasteiger partial charge is 0.412 e. The molecule has 0 aromatic heterocycles. The Labute approximate surface area is 131 Å². The number of ether oxygens (including phenoxy) is 1. The van der Waals surface area contributed by atoms with Crippen LogP contribution in [0.4, 0.5) is 16.2 Å². The van der Waals surface area contributed by atoms with Gasteiger partial charge in [0, 0.05) is 16.9 Å². The first kappa shape index (κ1) is 17.8. The number of amides is 2. The van der Waals surface area contributed by atoms with Crippen LogP contribution in [0.5, 0.6) is 0 Å². The first-order chi connectivity index (χ1) is 10.2. The highest BCUT2D eigenvalue weighted by Crippen LogP contribution is 2.16. The first-order valence-corrected chi connectivity index (χ1v) is 7.29. The van der Waals surface area contributed by atoms with Crippen molar-refractivity contribution in [1.29, 1.82) is 0 Å². The predicted octanol–water partition coefficient (Wildman–Crippen LogP) is 4.33. The van der Waals surface area contributed by atoms with E-state index in [2.05, 4.69) is 10.6 Å². The number of nitrogens with one attached hydrogen (secondary N) is 2. The lowest BCUT2D eigenvalue weighted by molar-refractivity contribution is -0.112. The topological polar surface area (TPSA) is 67.4 Å². The maximum Gasteiger partial charge on any atom is 0.412 e. The van der Waals surface area contributed by atoms with E-state index in [1.807, 2.05) is 13.0 Å². The summed E-state index contributed by atoms with van der Waals surface area (Å²) < 4.78 is 5.17. The molecule has 0 unspecified atom stereocenters. The van der Waals surface area contributed by atoms with Gasteiger partial charge in [-0.05, 0) is 58.4 Å². The summed E-state index contributed by atoms with van der Waals surface area (Å²) in [5, 5.41) is 5.43. The van der Waals surface area contributed by atoms with Crippen LogP contribution in [0.25, 0.3) is 0 Å². The molecule has 5 nitrogen and oxygen atoms in total. The molecule has 0 saturated heterocycles. The number of carbonyl (C=O) groups is 2. The molecule has 22 heavy (non-hydrogen) atoms. The van der Waals surface area contributed by atoms with Crippen LogP contribution in [0.1, 0.15) is 41.0 Å². The van der Waals surface area contributed by atoms with Crippen molar-refractivity contribution in [2.45, 2.75) is 46.6 Å². The minimum Gasteiger partial charge on any atom is -0.444 e. The lowest BCUT2D eigenvalue weighted by Gasteiger charge is -2.19. The van der Waals surface area contributed by atoms with Gasteiger partial charge >= 0.3 is 6.09 Å². The van der Waals surface area contributed by atoms with E-state index in [9.17, 15) is 9.59 Å². The van der Waals surface area contributed by atoms with Gasteiger partial charge in [0.1, 0.15) is 5.60 Å². The summed E-state index contributed by atoms with van der Waals surface area (Å²) >= 11 is 0. The maximum atomic E-state index is 11.9. The van der Waals surface area contributed by atoms with E-state index in [0.717, 1.165) is 6.42 Å². The standard InChI is InChI=1S/C17H24N2O3/c1-6-7-12(2)15(20)18-13-8-10-14(11-9-13)19-16(21)22-17(3,4)5/h7-11H,6H2,1-5H3,(H,18,20)(H,19,21)/b12-7-. The Morgan fingerprint density at radius 2 is 1.59 bits per heavy atom. The highest BCUT2D eigenvalue weighted by molar-refractivity contribution is 6.03. The molecule has 0 heterocycles. The van der Waals surface area contributed by atoms with Gasteiger partial charge in [0.2, 0.25) is 0 Å². The van der Waals surface area contributed by atoms with Gasteiger partial charge in [0.15, 0.2) is 0 Å². The van der Waals surface area contributed by atoms with Crippen molar-refractivity contribution in [3.05, 3.63) is 35.9 Å². The second-order valence-electron chi connectivity index (χ2n) is 5.95. The monoisotopic (exact) mass is 304 g/mol. The zero-order chi connectivity index (χ0) is 16.8. The number of hydrogen-bond acceptors (Lipinski definition) is 3. The van der Waals surface area contributed by atoms with Gasteiger partial charge < -0.3 is 10.1 Å². The third-order valence-corrected chi connectivity index (χ3v) is 2.66. The summed E-state index contributed by atoms with van der Waals surface area (Å²) in [4.78, 5) is 23.5. The molecular weight excluding hydrogens is 280 g/mol. The quantitative estimate of drug-likeness (QED) is 0.814. The molecule has 5 heteroatoms. The van der Waals surface area contributed by atoms with Gasteiger partial charge in [-0.15, -0.1) is 0 Å². The molecule has 1 rings (SSSR count). The summed E-state index contributed by atoms with van der Waals surface area (Å²) in [7, 11) is 0. The minimum absolute atomic E-state index is 0.130. The van der Waals surface area contributed by atoms with Crippen LogP contribution < -0.4 is 10.6 Å². The fourth-order valence-corrected chi connectivity index (χ4v) is 1.69. The third kappa shape index (κ3) is 6.43. The SMILES string of the molecule is CC/C=C(/C)C(=O)Nc1ccc(NC(=O)OC(C)(C)C)cc1. The van der Waals surface area contributed by atoms with E-state index in [1.54, 1.807) is 52.0 Å². The molecule has 2 amide bonds. The molecule has 0 aliphatic carbocycles. The highest BCUT2D eigenvalue weighted by Gasteiger charge is 2.16. The van der Waals surface area contributed by atoms with E-state index in [0.29, 0.717) is 16.9 Å². The van der Waals surface area contributed by atoms with E-state index in [-0.39, 0.29) is 5.91 Å². The number of carbonyl (C=O) groups excluding carboxylic acids is 2. The van der Waals surface area contributed by atoms with Crippen LogP contribution in [-0.2, 0) is 9.53 Å². The van der Waals surface area contributed by atoms with Crippen molar-refractivity contribution in [1.82, 2.24) is 0 Å². The fraction of sp³-hybridized carbons (Fsp3) is 0.412. The van der Waals surface area contributed by atoms with Gasteiger partial charge in [0.25, 0.3) is 5.91 Å². The normalized spacial score (nSPS) is 11.8. The van der Waals surface area contributed by atoms with E-state index in [1.165, 1.54) is 0 Å². The molecule has 0 fully saturated rings. The van der Waals surface area contributed by atoms with Crippen LogP contribution in [0.15, 0.2) is 35.9 Å². The molecule has 1 aromatic carbocycles. The van der Waals surface area contributed by atoms with Crippen molar-refractivity contribution < 1.29 is 14.3 Å². The van der Waals surface area contributed by atoms with Gasteiger partial charge in [-0.3, -0.25) is 10.1 Å². The molecule has 0 radical (unpaired) electrons. The number of rotatable bonds is 4. The predicted molar refractivity (Wildman–Crippen MR) is 89.0 cm³/mol. The second-order valence-corrected chi connectivity index (χ2v) is 5.95. The van der Waals surface area contributed by atoms with E-state index >= 15 is 0 Å². The Morgan fingerprint density at radius 1 is 1.09 bits per heavy atom. The first-order valence-electron chi connectivity index (χ1n) is 7.29. The van der Waals surface area contributed by atoms with Crippen LogP contribution in [0.2, 0.25) is 0 Å². The molecule has 120 valence electrons. The van der Waals surface area contributed by atoms with Crippen molar-refractivity contribution in [3.63, 3.8) is 0 Å².